The van der Waals surface area contributed by atoms with Gasteiger partial charge in [0.05, 0.1) is 16.9 Å². The molecule has 0 saturated carbocycles. The van der Waals surface area contributed by atoms with Crippen LogP contribution in [0, 0.1) is 0 Å². The van der Waals surface area contributed by atoms with Crippen LogP contribution in [0.3, 0.4) is 0 Å². The number of rotatable bonds is 0. The Morgan fingerprint density at radius 3 is 2.07 bits per heavy atom. The zero-order valence-electron chi connectivity index (χ0n) is 12.9. The summed E-state index contributed by atoms with van der Waals surface area (Å²) in [7, 11) is 0. The minimum Gasteiger partial charge on any atom is -0.268 e. The van der Waals surface area contributed by atoms with Crippen molar-refractivity contribution in [3.05, 3.63) is 62.2 Å². The molecule has 0 spiro atoms. The summed E-state index contributed by atoms with van der Waals surface area (Å²) in [6.45, 7) is 0. The van der Waals surface area contributed by atoms with E-state index in [1.165, 1.54) is 0 Å². The van der Waals surface area contributed by atoms with Gasteiger partial charge in [-0.2, -0.15) is 0 Å². The molecule has 0 bridgehead atoms. The highest BCUT2D eigenvalue weighted by Crippen LogP contribution is 2.52. The van der Waals surface area contributed by atoms with E-state index in [2.05, 4.69) is 95.6 Å². The molecule has 0 aliphatic carbocycles. The summed E-state index contributed by atoms with van der Waals surface area (Å²) in [5.41, 5.74) is 2.98. The summed E-state index contributed by atoms with van der Waals surface area (Å²) >= 11 is 21.6. The highest BCUT2D eigenvalue weighted by atomic mass is 79.9. The lowest BCUT2D eigenvalue weighted by molar-refractivity contribution is 0.101. The van der Waals surface area contributed by atoms with Gasteiger partial charge in [-0.1, -0.05) is 22.0 Å². The second kappa shape index (κ2) is 6.47. The van der Waals surface area contributed by atoms with Crippen LogP contribution in [0.25, 0.3) is 10.8 Å². The Morgan fingerprint density at radius 1 is 0.741 bits per heavy atom. The highest BCUT2D eigenvalue weighted by Gasteiger charge is 2.43. The fraction of sp³-hybridized carbons (Fsp3) is 0. The molecule has 134 valence electrons. The first-order valence-corrected chi connectivity index (χ1v) is 12.3. The van der Waals surface area contributed by atoms with Crippen molar-refractivity contribution < 1.29 is 4.79 Å². The predicted octanol–water partition coefficient (Wildman–Crippen LogP) is 8.47. The van der Waals surface area contributed by atoms with Gasteiger partial charge in [0.15, 0.2) is 0 Å². The number of aliphatic imine (C=N–C) groups is 1. The molecule has 0 unspecified atom stereocenters. The van der Waals surface area contributed by atoms with Crippen LogP contribution >= 0.6 is 95.6 Å². The summed E-state index contributed by atoms with van der Waals surface area (Å²) in [6.07, 6.45) is 0. The smallest absolute Gasteiger partial charge is 0.266 e. The number of anilines is 1. The van der Waals surface area contributed by atoms with Gasteiger partial charge in [0.25, 0.3) is 5.91 Å². The van der Waals surface area contributed by atoms with Crippen molar-refractivity contribution in [2.45, 2.75) is 0 Å². The molecule has 27 heavy (non-hydrogen) atoms. The first-order chi connectivity index (χ1) is 12.8. The summed E-state index contributed by atoms with van der Waals surface area (Å²) in [6, 6.07) is 7.92. The largest absolute Gasteiger partial charge is 0.268 e. The average molecular weight is 744 g/mol. The van der Waals surface area contributed by atoms with Crippen molar-refractivity contribution in [3.8, 4) is 0 Å². The lowest BCUT2D eigenvalue weighted by Gasteiger charge is -2.26. The number of carbonyl (C=O) groups is 1. The molecule has 2 aliphatic rings. The third-order valence-corrected chi connectivity index (χ3v) is 10.7. The van der Waals surface area contributed by atoms with Crippen molar-refractivity contribution in [1.29, 1.82) is 0 Å². The summed E-state index contributed by atoms with van der Waals surface area (Å²) in [5, 5.41) is 1.95. The lowest BCUT2D eigenvalue weighted by Crippen LogP contribution is -2.32. The Labute approximate surface area is 204 Å². The Kier molecular flexibility index (Phi) is 4.54. The molecule has 0 atom stereocenters. The molecule has 5 rings (SSSR count). The quantitative estimate of drug-likeness (QED) is 0.168. The minimum absolute atomic E-state index is 0.122. The number of carbonyl (C=O) groups excluding carboxylic acids is 1. The molecule has 3 nitrogen and oxygen atoms in total. The van der Waals surface area contributed by atoms with Gasteiger partial charge in [-0.25, -0.2) is 4.99 Å². The number of amidine groups is 1. The maximum absolute atomic E-state index is 13.5. The fourth-order valence-corrected chi connectivity index (χ4v) is 6.89. The molecule has 1 amide bonds. The Balaban J connectivity index is 1.96. The van der Waals surface area contributed by atoms with Crippen LogP contribution in [-0.4, -0.2) is 11.7 Å². The van der Waals surface area contributed by atoms with E-state index in [9.17, 15) is 4.79 Å². The molecule has 2 aliphatic heterocycles. The minimum atomic E-state index is -0.122. The SMILES string of the molecule is O=C1c2c(Br)c(Br)c(Br)c(Br)c2C2=Nc3ccc(Br)c4ccc(Br)c(c34)N12. The van der Waals surface area contributed by atoms with Crippen LogP contribution in [0.4, 0.5) is 11.4 Å². The van der Waals surface area contributed by atoms with Gasteiger partial charge in [-0.15, -0.1) is 0 Å². The van der Waals surface area contributed by atoms with Crippen molar-refractivity contribution in [2.75, 3.05) is 4.90 Å². The summed E-state index contributed by atoms with van der Waals surface area (Å²) in [4.78, 5) is 20.0. The van der Waals surface area contributed by atoms with Gasteiger partial charge >= 0.3 is 0 Å². The van der Waals surface area contributed by atoms with Crippen molar-refractivity contribution in [1.82, 2.24) is 0 Å². The summed E-state index contributed by atoms with van der Waals surface area (Å²) in [5.74, 6) is 0.488. The first-order valence-electron chi connectivity index (χ1n) is 7.53. The van der Waals surface area contributed by atoms with Crippen LogP contribution in [0.2, 0.25) is 0 Å². The topological polar surface area (TPSA) is 32.7 Å². The molecule has 0 saturated heterocycles. The van der Waals surface area contributed by atoms with E-state index >= 15 is 0 Å². The normalized spacial score (nSPS) is 14.5. The summed E-state index contributed by atoms with van der Waals surface area (Å²) < 4.78 is 4.89. The van der Waals surface area contributed by atoms with E-state index in [-0.39, 0.29) is 5.91 Å². The fourth-order valence-electron chi connectivity index (χ4n) is 3.45. The Hall–Kier alpha value is -0.0600. The van der Waals surface area contributed by atoms with E-state index in [1.807, 2.05) is 24.3 Å². The lowest BCUT2D eigenvalue weighted by atomic mass is 10.0. The molecular weight excluding hydrogens is 740 g/mol. The van der Waals surface area contributed by atoms with Crippen LogP contribution in [0.1, 0.15) is 15.9 Å². The molecule has 9 heteroatoms. The van der Waals surface area contributed by atoms with Gasteiger partial charge in [-0.3, -0.25) is 9.69 Å². The van der Waals surface area contributed by atoms with E-state index in [0.29, 0.717) is 15.9 Å². The number of halogens is 6. The van der Waals surface area contributed by atoms with Crippen LogP contribution in [0.5, 0.6) is 0 Å². The van der Waals surface area contributed by atoms with Crippen LogP contribution < -0.4 is 4.90 Å². The van der Waals surface area contributed by atoms with Gasteiger partial charge < -0.3 is 0 Å². The van der Waals surface area contributed by atoms with Gasteiger partial charge in [0.2, 0.25) is 0 Å². The van der Waals surface area contributed by atoms with Gasteiger partial charge in [0, 0.05) is 43.2 Å². The number of fused-ring (bicyclic) bond motifs is 4. The standard InChI is InChI=1S/C18H4Br6N2O/c19-6-3-4-8-9-5(6)1-2-7(20)16(9)26-17(25-8)10-11(18(26)27)13(22)15(24)14(23)12(10)21/h1-4H. The number of hydrogen-bond acceptors (Lipinski definition) is 2. The second-order valence-corrected chi connectivity index (χ2v) is 10.8. The molecule has 0 aromatic heterocycles. The third kappa shape index (κ3) is 2.45. The number of nitrogens with zero attached hydrogens (tertiary/aromatic N) is 2. The average Bonchev–Trinajstić information content (AvgIpc) is 2.94. The second-order valence-electron chi connectivity index (χ2n) is 5.97. The van der Waals surface area contributed by atoms with Crippen LogP contribution in [0.15, 0.2) is 56.1 Å². The predicted molar refractivity (Wildman–Crippen MR) is 130 cm³/mol. The molecule has 2 heterocycles. The molecule has 0 radical (unpaired) electrons. The van der Waals surface area contributed by atoms with E-state index < -0.39 is 0 Å². The van der Waals surface area contributed by atoms with Crippen molar-refractivity contribution in [2.24, 2.45) is 4.99 Å². The zero-order valence-corrected chi connectivity index (χ0v) is 22.4. The number of amides is 1. The Morgan fingerprint density at radius 2 is 1.37 bits per heavy atom. The van der Waals surface area contributed by atoms with Crippen LogP contribution in [-0.2, 0) is 0 Å². The van der Waals surface area contributed by atoms with Crippen molar-refractivity contribution in [3.63, 3.8) is 0 Å². The zero-order chi connectivity index (χ0) is 19.2. The monoisotopic (exact) mass is 738 g/mol. The van der Waals surface area contributed by atoms with Crippen molar-refractivity contribution >= 4 is 129 Å². The van der Waals surface area contributed by atoms with Gasteiger partial charge in [-0.05, 0) is 97.8 Å². The molecule has 0 fully saturated rings. The molecule has 3 aromatic rings. The third-order valence-electron chi connectivity index (χ3n) is 4.60. The number of benzene rings is 3. The van der Waals surface area contributed by atoms with E-state index in [0.717, 1.165) is 50.1 Å². The first kappa shape index (κ1) is 18.9. The molecule has 3 aromatic carbocycles. The maximum atomic E-state index is 13.5. The van der Waals surface area contributed by atoms with E-state index in [4.69, 9.17) is 4.99 Å². The molecule has 0 N–H and O–H groups in total. The number of hydrogen-bond donors (Lipinski definition) is 0. The molecular formula is C18H4Br6N2O. The highest BCUT2D eigenvalue weighted by molar-refractivity contribution is 9.15. The van der Waals surface area contributed by atoms with Gasteiger partial charge in [0.1, 0.15) is 5.84 Å². The maximum Gasteiger partial charge on any atom is 0.266 e. The van der Waals surface area contributed by atoms with E-state index in [1.54, 1.807) is 4.90 Å². The Bertz CT molecular complexity index is 1270.